The summed E-state index contributed by atoms with van der Waals surface area (Å²) >= 11 is 0. The first-order valence-electron chi connectivity index (χ1n) is 17.2. The minimum Gasteiger partial charge on any atom is -0.346 e. The van der Waals surface area contributed by atoms with Gasteiger partial charge in [0.1, 0.15) is 12.1 Å². The number of Topliss-reactive ketones (excluding diaryl/α,β-unsaturated/α-hetero) is 1. The molecule has 1 unspecified atom stereocenters. The van der Waals surface area contributed by atoms with Crippen molar-refractivity contribution in [1.82, 2.24) is 30.5 Å². The van der Waals surface area contributed by atoms with Crippen LogP contribution in [-0.4, -0.2) is 103 Å². The second kappa shape index (κ2) is 14.9. The van der Waals surface area contributed by atoms with Crippen molar-refractivity contribution in [1.29, 1.82) is 0 Å². The van der Waals surface area contributed by atoms with Crippen LogP contribution in [0, 0.1) is 28.1 Å². The molecule has 0 spiro atoms. The number of likely N-dealkylation sites (tertiary alicyclic amines) is 1. The maximum atomic E-state index is 14.4. The first-order valence-corrected chi connectivity index (χ1v) is 18.8. The molecule has 3 fully saturated rings. The number of fused-ring (bicyclic) bond motifs is 1. The number of urea groups is 1. The third-order valence-corrected chi connectivity index (χ3v) is 12.1. The maximum Gasteiger partial charge on any atom is 0.315 e. The van der Waals surface area contributed by atoms with E-state index in [1.165, 1.54) is 15.3 Å². The van der Waals surface area contributed by atoms with Crippen LogP contribution in [0.2, 0.25) is 0 Å². The summed E-state index contributed by atoms with van der Waals surface area (Å²) in [7, 11) is -3.42. The first kappa shape index (κ1) is 39.4. The number of piperidine rings is 1. The van der Waals surface area contributed by atoms with Gasteiger partial charge >= 0.3 is 6.03 Å². The number of carbonyl (C=O) groups excluding carboxylic acids is 5. The molecule has 0 aromatic rings. The lowest BCUT2D eigenvalue weighted by molar-refractivity contribution is -0.145. The average molecular weight is 695 g/mol. The van der Waals surface area contributed by atoms with Crippen LogP contribution in [0.5, 0.6) is 0 Å². The summed E-state index contributed by atoms with van der Waals surface area (Å²) in [5, 5.41) is 11.1. The van der Waals surface area contributed by atoms with Crippen LogP contribution in [0.15, 0.2) is 12.7 Å². The molecular weight excluding hydrogens is 636 g/mol. The highest BCUT2D eigenvalue weighted by molar-refractivity contribution is 7.89. The van der Waals surface area contributed by atoms with Crippen molar-refractivity contribution in [3.63, 3.8) is 0 Å². The summed E-state index contributed by atoms with van der Waals surface area (Å²) in [4.78, 5) is 68.8. The molecule has 0 aromatic heterocycles. The van der Waals surface area contributed by atoms with Crippen LogP contribution in [-0.2, 0) is 29.2 Å². The summed E-state index contributed by atoms with van der Waals surface area (Å²) in [6.45, 7) is 21.6. The molecule has 272 valence electrons. The molecule has 5 amide bonds. The van der Waals surface area contributed by atoms with Crippen molar-refractivity contribution >= 4 is 39.6 Å². The highest BCUT2D eigenvalue weighted by Gasteiger charge is 2.70. The molecule has 4 N–H and O–H groups in total. The predicted octanol–water partition coefficient (Wildman–Crippen LogP) is 2.18. The third kappa shape index (κ3) is 8.96. The van der Waals surface area contributed by atoms with E-state index >= 15 is 0 Å². The molecule has 48 heavy (non-hydrogen) atoms. The van der Waals surface area contributed by atoms with Crippen molar-refractivity contribution < 1.29 is 32.4 Å². The Kier molecular flexibility index (Phi) is 12.2. The highest BCUT2D eigenvalue weighted by atomic mass is 32.2. The van der Waals surface area contributed by atoms with Gasteiger partial charge in [0.2, 0.25) is 27.6 Å². The predicted molar refractivity (Wildman–Crippen MR) is 184 cm³/mol. The molecule has 2 heterocycles. The van der Waals surface area contributed by atoms with Crippen molar-refractivity contribution in [2.24, 2.45) is 28.1 Å². The number of carbonyl (C=O) groups is 5. The zero-order valence-corrected chi connectivity index (χ0v) is 31.1. The summed E-state index contributed by atoms with van der Waals surface area (Å²) in [5.41, 5.74) is -1.46. The summed E-state index contributed by atoms with van der Waals surface area (Å²) in [5.74, 6) is -2.51. The van der Waals surface area contributed by atoms with Gasteiger partial charge in [-0.3, -0.25) is 19.2 Å². The lowest BCUT2D eigenvalue weighted by Crippen LogP contribution is -2.63. The van der Waals surface area contributed by atoms with E-state index in [9.17, 15) is 32.4 Å². The second-order valence-electron chi connectivity index (χ2n) is 16.3. The molecule has 14 heteroatoms. The fourth-order valence-corrected chi connectivity index (χ4v) is 8.58. The van der Waals surface area contributed by atoms with E-state index in [2.05, 4.69) is 27.8 Å². The summed E-state index contributed by atoms with van der Waals surface area (Å²) in [6.07, 6.45) is 3.61. The van der Waals surface area contributed by atoms with Gasteiger partial charge in [0.05, 0.1) is 11.8 Å². The molecule has 3 aliphatic rings. The minimum atomic E-state index is -3.42. The van der Waals surface area contributed by atoms with Crippen molar-refractivity contribution in [3.05, 3.63) is 12.7 Å². The maximum absolute atomic E-state index is 14.4. The Morgan fingerprint density at radius 2 is 1.62 bits per heavy atom. The van der Waals surface area contributed by atoms with Crippen LogP contribution in [0.4, 0.5) is 4.79 Å². The monoisotopic (exact) mass is 694 g/mol. The van der Waals surface area contributed by atoms with E-state index in [4.69, 9.17) is 0 Å². The van der Waals surface area contributed by atoms with E-state index in [1.807, 2.05) is 62.3 Å². The molecule has 0 radical (unpaired) electrons. The third-order valence-electron chi connectivity index (χ3n) is 10.2. The number of ketones is 1. The number of nitrogens with one attached hydrogen (secondary N) is 4. The Hall–Kier alpha value is -3.00. The molecular formula is C34H58N6O7S. The molecule has 0 aromatic carbocycles. The molecule has 6 atom stereocenters. The smallest absolute Gasteiger partial charge is 0.315 e. The number of sulfonamides is 1. The van der Waals surface area contributed by atoms with Gasteiger partial charge < -0.3 is 26.2 Å². The highest BCUT2D eigenvalue weighted by Crippen LogP contribution is 2.65. The van der Waals surface area contributed by atoms with E-state index in [0.717, 1.165) is 6.42 Å². The Bertz CT molecular complexity index is 1370. The van der Waals surface area contributed by atoms with Crippen LogP contribution in [0.3, 0.4) is 0 Å². The van der Waals surface area contributed by atoms with Gasteiger partial charge in [-0.05, 0) is 47.3 Å². The fourth-order valence-electron chi connectivity index (χ4n) is 6.97. The first-order chi connectivity index (χ1) is 22.1. The molecule has 1 saturated carbocycles. The Morgan fingerprint density at radius 3 is 2.17 bits per heavy atom. The van der Waals surface area contributed by atoms with Gasteiger partial charge in [-0.25, -0.2) is 13.2 Å². The Morgan fingerprint density at radius 1 is 0.979 bits per heavy atom. The summed E-state index contributed by atoms with van der Waals surface area (Å²) < 4.78 is 26.9. The van der Waals surface area contributed by atoms with E-state index in [1.54, 1.807) is 0 Å². The topological polar surface area (TPSA) is 174 Å². The zero-order chi connectivity index (χ0) is 36.4. The van der Waals surface area contributed by atoms with Crippen molar-refractivity contribution in [2.45, 2.75) is 112 Å². The van der Waals surface area contributed by atoms with Gasteiger partial charge in [0, 0.05) is 32.2 Å². The number of rotatable bonds is 13. The Balaban J connectivity index is 1.82. The lowest BCUT2D eigenvalue weighted by Gasteiger charge is -2.39. The molecule has 2 aliphatic heterocycles. The largest absolute Gasteiger partial charge is 0.346 e. The molecule has 3 rings (SSSR count). The van der Waals surface area contributed by atoms with E-state index in [-0.39, 0.29) is 42.5 Å². The molecule has 2 saturated heterocycles. The van der Waals surface area contributed by atoms with Gasteiger partial charge in [-0.2, -0.15) is 4.31 Å². The van der Waals surface area contributed by atoms with Gasteiger partial charge in [0.15, 0.2) is 0 Å². The average Bonchev–Trinajstić information content (AvgIpc) is 3.28. The normalized spacial score (nSPS) is 25.1. The quantitative estimate of drug-likeness (QED) is 0.169. The van der Waals surface area contributed by atoms with Gasteiger partial charge in [0.25, 0.3) is 5.91 Å². The summed E-state index contributed by atoms with van der Waals surface area (Å²) in [6, 6.07) is -4.11. The molecule has 1 aliphatic carbocycles. The number of amides is 5. The van der Waals surface area contributed by atoms with Crippen molar-refractivity contribution in [3.8, 4) is 0 Å². The van der Waals surface area contributed by atoms with Crippen LogP contribution in [0.1, 0.15) is 88.0 Å². The number of hydrogen-bond donors (Lipinski definition) is 4. The molecule has 0 bridgehead atoms. The van der Waals surface area contributed by atoms with Crippen LogP contribution in [0.25, 0.3) is 0 Å². The lowest BCUT2D eigenvalue weighted by atomic mass is 9.85. The van der Waals surface area contributed by atoms with Crippen LogP contribution < -0.4 is 21.3 Å². The van der Waals surface area contributed by atoms with Crippen molar-refractivity contribution in [2.75, 3.05) is 31.9 Å². The zero-order valence-electron chi connectivity index (χ0n) is 30.3. The Labute approximate surface area is 286 Å². The van der Waals surface area contributed by atoms with E-state index in [0.29, 0.717) is 25.9 Å². The number of hydrogen-bond acceptors (Lipinski definition) is 7. The minimum absolute atomic E-state index is 0.0552. The van der Waals surface area contributed by atoms with Crippen LogP contribution >= 0.6 is 0 Å². The number of nitrogens with zero attached hydrogens (tertiary/aromatic N) is 2. The van der Waals surface area contributed by atoms with E-state index < -0.39 is 74.6 Å². The fraction of sp³-hybridized carbons (Fsp3) is 0.794. The SMILES string of the molecule is C=CCNC(=O)C(=O)C(CCC)NC(=O)[C@@H]1[C@@H]2[C@H](CN1C(=O)[C@@H](NC(=O)N[C@H](CN1CCCCS1(=O)=O)C(C)(C)C)C(C)(C)C)C2(C)C. The standard InChI is InChI=1S/C34H58N6O7S/c1-11-15-22(26(41)29(43)35-16-12-2)36-28(42)25-24-21(34(24,9)10)19-40(25)30(44)27(33(6,7)8)38-31(45)37-23(32(3,4)5)20-39-17-13-14-18-48(39,46)47/h12,21-25,27H,2,11,13-20H2,1,3-10H3,(H,35,43)(H,36,42)(H2,37,38,45)/t21-,22?,23+,24-,25-,27+/m0/s1. The second-order valence-corrected chi connectivity index (χ2v) is 18.4. The van der Waals surface area contributed by atoms with Gasteiger partial charge in [-0.15, -0.1) is 6.58 Å². The molecule has 13 nitrogen and oxygen atoms in total. The van der Waals surface area contributed by atoms with Gasteiger partial charge in [-0.1, -0.05) is 74.8 Å².